The highest BCUT2D eigenvalue weighted by Gasteiger charge is 2.22. The van der Waals surface area contributed by atoms with Crippen LogP contribution in [0, 0.1) is 21.4 Å². The number of ether oxygens (including phenoxy) is 1. The first-order chi connectivity index (χ1) is 13.2. The summed E-state index contributed by atoms with van der Waals surface area (Å²) in [7, 11) is 0. The fourth-order valence-electron chi connectivity index (χ4n) is 3.28. The summed E-state index contributed by atoms with van der Waals surface area (Å²) in [5.74, 6) is 0.872. The lowest BCUT2D eigenvalue weighted by atomic mass is 10.0. The lowest BCUT2D eigenvalue weighted by Crippen LogP contribution is -2.43. The topological polar surface area (TPSA) is 91.4 Å². The molecule has 2 aromatic rings. The molecule has 1 N–H and O–H groups in total. The van der Waals surface area contributed by atoms with Gasteiger partial charge in [0.1, 0.15) is 18.4 Å². The number of nitro groups is 1. The molecular weight excluding hydrogens is 344 g/mol. The van der Waals surface area contributed by atoms with Crippen LogP contribution in [0.1, 0.15) is 18.4 Å². The molecule has 0 spiro atoms. The molecule has 0 aromatic heterocycles. The van der Waals surface area contributed by atoms with Gasteiger partial charge < -0.3 is 15.0 Å². The van der Waals surface area contributed by atoms with Gasteiger partial charge in [-0.2, -0.15) is 5.26 Å². The maximum absolute atomic E-state index is 10.9. The van der Waals surface area contributed by atoms with Crippen LogP contribution in [-0.2, 0) is 0 Å². The molecular formula is C20H22N4O3. The number of hydrogen-bond acceptors (Lipinski definition) is 6. The van der Waals surface area contributed by atoms with E-state index >= 15 is 0 Å². The highest BCUT2D eigenvalue weighted by Crippen LogP contribution is 2.27. The molecule has 7 nitrogen and oxygen atoms in total. The molecule has 0 amide bonds. The average Bonchev–Trinajstić information content (AvgIpc) is 2.72. The van der Waals surface area contributed by atoms with E-state index in [9.17, 15) is 15.4 Å². The quantitative estimate of drug-likeness (QED) is 0.460. The third-order valence-electron chi connectivity index (χ3n) is 4.69. The fraction of sp³-hybridized carbons (Fsp3) is 0.350. The molecule has 0 saturated carbocycles. The third kappa shape index (κ3) is 4.96. The molecule has 0 unspecified atom stereocenters. The Kier molecular flexibility index (Phi) is 6.23. The lowest BCUT2D eigenvalue weighted by molar-refractivity contribution is -0.384. The second-order valence-electron chi connectivity index (χ2n) is 6.45. The zero-order chi connectivity index (χ0) is 19.1. The maximum atomic E-state index is 10.9. The summed E-state index contributed by atoms with van der Waals surface area (Å²) in [4.78, 5) is 12.5. The van der Waals surface area contributed by atoms with Crippen molar-refractivity contribution in [3.8, 4) is 11.8 Å². The molecule has 27 heavy (non-hydrogen) atoms. The van der Waals surface area contributed by atoms with Crippen molar-refractivity contribution in [1.29, 1.82) is 5.26 Å². The first-order valence-corrected chi connectivity index (χ1v) is 9.02. The highest BCUT2D eigenvalue weighted by molar-refractivity contribution is 5.63. The molecule has 2 aromatic carbocycles. The smallest absolute Gasteiger partial charge is 0.270 e. The predicted octanol–water partition coefficient (Wildman–Crippen LogP) is 3.10. The van der Waals surface area contributed by atoms with Gasteiger partial charge in [-0.25, -0.2) is 0 Å². The van der Waals surface area contributed by atoms with E-state index in [0.717, 1.165) is 43.9 Å². The third-order valence-corrected chi connectivity index (χ3v) is 4.69. The van der Waals surface area contributed by atoms with Crippen LogP contribution in [0.3, 0.4) is 0 Å². The largest absolute Gasteiger partial charge is 0.492 e. The van der Waals surface area contributed by atoms with E-state index in [0.29, 0.717) is 18.2 Å². The van der Waals surface area contributed by atoms with Gasteiger partial charge in [0, 0.05) is 37.8 Å². The molecule has 1 heterocycles. The Morgan fingerprint density at radius 1 is 1.22 bits per heavy atom. The molecule has 0 aliphatic carbocycles. The van der Waals surface area contributed by atoms with Crippen molar-refractivity contribution < 1.29 is 9.66 Å². The number of nitrogens with one attached hydrogen (secondary N) is 1. The second-order valence-corrected chi connectivity index (χ2v) is 6.45. The van der Waals surface area contributed by atoms with Gasteiger partial charge in [0.15, 0.2) is 0 Å². The van der Waals surface area contributed by atoms with E-state index in [4.69, 9.17) is 4.74 Å². The first-order valence-electron chi connectivity index (χ1n) is 9.02. The fourth-order valence-corrected chi connectivity index (χ4v) is 3.28. The molecule has 7 heteroatoms. The maximum Gasteiger partial charge on any atom is 0.270 e. The van der Waals surface area contributed by atoms with Gasteiger partial charge in [-0.15, -0.1) is 0 Å². The van der Waals surface area contributed by atoms with Gasteiger partial charge in [0.25, 0.3) is 5.69 Å². The summed E-state index contributed by atoms with van der Waals surface area (Å²) < 4.78 is 5.68. The van der Waals surface area contributed by atoms with Gasteiger partial charge in [0.2, 0.25) is 0 Å². The van der Waals surface area contributed by atoms with Gasteiger partial charge in [-0.05, 0) is 31.0 Å². The van der Waals surface area contributed by atoms with Crippen molar-refractivity contribution in [2.45, 2.75) is 18.9 Å². The van der Waals surface area contributed by atoms with Crippen molar-refractivity contribution in [2.75, 3.05) is 31.1 Å². The van der Waals surface area contributed by atoms with Gasteiger partial charge in [-0.3, -0.25) is 10.1 Å². The number of nitriles is 1. The van der Waals surface area contributed by atoms with Crippen LogP contribution < -0.4 is 15.0 Å². The monoisotopic (exact) mass is 366 g/mol. The number of non-ortho nitro benzene ring substituents is 1. The van der Waals surface area contributed by atoms with E-state index in [1.807, 2.05) is 30.3 Å². The van der Waals surface area contributed by atoms with E-state index in [1.54, 1.807) is 6.07 Å². The van der Waals surface area contributed by atoms with E-state index < -0.39 is 4.92 Å². The van der Waals surface area contributed by atoms with Crippen LogP contribution in [0.4, 0.5) is 11.4 Å². The van der Waals surface area contributed by atoms with Crippen molar-refractivity contribution in [3.05, 3.63) is 64.2 Å². The minimum absolute atomic E-state index is 0.0507. The summed E-state index contributed by atoms with van der Waals surface area (Å²) in [5.41, 5.74) is 1.08. The summed E-state index contributed by atoms with van der Waals surface area (Å²) >= 11 is 0. The Morgan fingerprint density at radius 3 is 2.63 bits per heavy atom. The number of piperidine rings is 1. The van der Waals surface area contributed by atoms with Crippen molar-refractivity contribution in [3.63, 3.8) is 0 Å². The zero-order valence-corrected chi connectivity index (χ0v) is 15.0. The Balaban J connectivity index is 1.46. The Bertz CT molecular complexity index is 812. The molecule has 1 saturated heterocycles. The zero-order valence-electron chi connectivity index (χ0n) is 15.0. The number of para-hydroxylation sites is 1. The predicted molar refractivity (Wildman–Crippen MR) is 103 cm³/mol. The molecule has 0 bridgehead atoms. The van der Waals surface area contributed by atoms with Crippen molar-refractivity contribution in [1.82, 2.24) is 5.32 Å². The minimum atomic E-state index is -0.474. The molecule has 1 aliphatic heterocycles. The van der Waals surface area contributed by atoms with Gasteiger partial charge in [0.05, 0.1) is 16.2 Å². The van der Waals surface area contributed by atoms with E-state index in [1.165, 1.54) is 12.1 Å². The first kappa shape index (κ1) is 18.7. The summed E-state index contributed by atoms with van der Waals surface area (Å²) in [6, 6.07) is 16.7. The van der Waals surface area contributed by atoms with Gasteiger partial charge >= 0.3 is 0 Å². The van der Waals surface area contributed by atoms with Gasteiger partial charge in [-0.1, -0.05) is 18.2 Å². The molecule has 140 valence electrons. The Morgan fingerprint density at radius 2 is 1.96 bits per heavy atom. The van der Waals surface area contributed by atoms with Crippen LogP contribution in [0.5, 0.6) is 5.75 Å². The molecule has 0 radical (unpaired) electrons. The average molecular weight is 366 g/mol. The molecule has 0 atom stereocenters. The normalized spacial score (nSPS) is 14.6. The second kappa shape index (κ2) is 9.01. The number of benzene rings is 2. The Hall–Kier alpha value is -3.11. The number of rotatable bonds is 7. The van der Waals surface area contributed by atoms with Crippen LogP contribution in [0.25, 0.3) is 0 Å². The van der Waals surface area contributed by atoms with Crippen molar-refractivity contribution >= 4 is 11.4 Å². The number of hydrogen-bond donors (Lipinski definition) is 1. The Labute approximate surface area is 158 Å². The molecule has 1 aliphatic rings. The minimum Gasteiger partial charge on any atom is -0.492 e. The standard InChI is InChI=1S/C20H22N4O3/c21-15-16-14-18(24(25)26)6-7-20(16)23-11-8-17(9-12-23)22-10-13-27-19-4-2-1-3-5-19/h1-7,14,17,22H,8-13H2. The number of nitrogens with zero attached hydrogens (tertiary/aromatic N) is 3. The van der Waals surface area contributed by atoms with E-state index in [-0.39, 0.29) is 5.69 Å². The lowest BCUT2D eigenvalue weighted by Gasteiger charge is -2.34. The number of anilines is 1. The van der Waals surface area contributed by atoms with Crippen LogP contribution >= 0.6 is 0 Å². The molecule has 3 rings (SSSR count). The summed E-state index contributed by atoms with van der Waals surface area (Å²) in [6.45, 7) is 3.01. The highest BCUT2D eigenvalue weighted by atomic mass is 16.6. The SMILES string of the molecule is N#Cc1cc([N+](=O)[O-])ccc1N1CCC(NCCOc2ccccc2)CC1. The van der Waals surface area contributed by atoms with E-state index in [2.05, 4.69) is 16.3 Å². The number of nitro benzene ring substituents is 1. The molecule has 1 fully saturated rings. The summed E-state index contributed by atoms with van der Waals surface area (Å²) in [5, 5.41) is 23.7. The van der Waals surface area contributed by atoms with Crippen LogP contribution in [0.2, 0.25) is 0 Å². The summed E-state index contributed by atoms with van der Waals surface area (Å²) in [6.07, 6.45) is 1.90. The van der Waals surface area contributed by atoms with Crippen LogP contribution in [0.15, 0.2) is 48.5 Å². The van der Waals surface area contributed by atoms with Crippen molar-refractivity contribution in [2.24, 2.45) is 0 Å². The van der Waals surface area contributed by atoms with Crippen LogP contribution in [-0.4, -0.2) is 37.2 Å².